The fraction of sp³-hybridized carbons (Fsp3) is 0.346. The van der Waals surface area contributed by atoms with Gasteiger partial charge in [-0.15, -0.1) is 16.4 Å². The molecular formula is C26H28FN5O8S2. The number of ketones is 1. The summed E-state index contributed by atoms with van der Waals surface area (Å²) < 4.78 is 58.7. The van der Waals surface area contributed by atoms with Crippen LogP contribution in [0.5, 0.6) is 11.5 Å². The SMILES string of the molecule is COC(=O)[C@H](COCc1cccc(OCCF)c1)CC(=O)Cn1cc(COc2ccc3sc(S(N)(=O)=O)nc3c2)nn1. The van der Waals surface area contributed by atoms with E-state index < -0.39 is 28.6 Å². The number of thiazole rings is 1. The number of carbonyl (C=O) groups is 2. The van der Waals surface area contributed by atoms with Crippen molar-refractivity contribution in [3.05, 3.63) is 59.9 Å². The maximum atomic E-state index is 12.7. The minimum atomic E-state index is -3.90. The first-order valence-electron chi connectivity index (χ1n) is 12.5. The monoisotopic (exact) mass is 621 g/mol. The molecule has 0 amide bonds. The normalized spacial score (nSPS) is 12.3. The Bertz CT molecular complexity index is 1640. The third-order valence-corrected chi connectivity index (χ3v) is 8.09. The van der Waals surface area contributed by atoms with Gasteiger partial charge in [-0.3, -0.25) is 9.59 Å². The van der Waals surface area contributed by atoms with E-state index in [9.17, 15) is 22.4 Å². The molecule has 224 valence electrons. The van der Waals surface area contributed by atoms with Gasteiger partial charge in [0.05, 0.1) is 42.7 Å². The first kappa shape index (κ1) is 31.0. The molecular weight excluding hydrogens is 593 g/mol. The quantitative estimate of drug-likeness (QED) is 0.182. The predicted octanol–water partition coefficient (Wildman–Crippen LogP) is 2.43. The first-order valence-corrected chi connectivity index (χ1v) is 14.9. The Morgan fingerprint density at radius 3 is 2.69 bits per heavy atom. The number of hydrogen-bond donors (Lipinski definition) is 1. The predicted molar refractivity (Wildman–Crippen MR) is 148 cm³/mol. The summed E-state index contributed by atoms with van der Waals surface area (Å²) in [5, 5.41) is 13.1. The molecule has 2 heterocycles. The molecule has 0 unspecified atom stereocenters. The highest BCUT2D eigenvalue weighted by Crippen LogP contribution is 2.28. The van der Waals surface area contributed by atoms with Gasteiger partial charge in [-0.2, -0.15) is 0 Å². The molecule has 2 N–H and O–H groups in total. The van der Waals surface area contributed by atoms with Gasteiger partial charge >= 0.3 is 5.97 Å². The van der Waals surface area contributed by atoms with Gasteiger partial charge < -0.3 is 18.9 Å². The second-order valence-electron chi connectivity index (χ2n) is 9.01. The van der Waals surface area contributed by atoms with Crippen molar-refractivity contribution in [2.45, 2.75) is 30.5 Å². The summed E-state index contributed by atoms with van der Waals surface area (Å²) in [7, 11) is -2.67. The molecule has 13 nitrogen and oxygen atoms in total. The molecule has 2 aromatic heterocycles. The van der Waals surface area contributed by atoms with E-state index in [1.807, 2.05) is 0 Å². The number of hydrogen-bond acceptors (Lipinski definition) is 12. The molecule has 42 heavy (non-hydrogen) atoms. The van der Waals surface area contributed by atoms with Crippen LogP contribution in [0.1, 0.15) is 17.7 Å². The lowest BCUT2D eigenvalue weighted by Gasteiger charge is -2.14. The van der Waals surface area contributed by atoms with Crippen molar-refractivity contribution >= 4 is 43.3 Å². The van der Waals surface area contributed by atoms with Crippen molar-refractivity contribution < 1.29 is 41.3 Å². The molecule has 0 aliphatic rings. The summed E-state index contributed by atoms with van der Waals surface area (Å²) >= 11 is 0.960. The van der Waals surface area contributed by atoms with Gasteiger partial charge in [-0.05, 0) is 29.8 Å². The van der Waals surface area contributed by atoms with Crippen molar-refractivity contribution in [3.8, 4) is 11.5 Å². The third kappa shape index (κ3) is 8.75. The number of alkyl halides is 1. The number of esters is 1. The number of Topliss-reactive ketones (excluding diaryl/α,β-unsaturated/α-hetero) is 1. The molecule has 0 bridgehead atoms. The minimum Gasteiger partial charge on any atom is -0.491 e. The Morgan fingerprint density at radius 2 is 1.93 bits per heavy atom. The van der Waals surface area contributed by atoms with Gasteiger partial charge in [0.15, 0.2) is 5.78 Å². The molecule has 0 aliphatic heterocycles. The van der Waals surface area contributed by atoms with Crippen molar-refractivity contribution in [1.82, 2.24) is 20.0 Å². The highest BCUT2D eigenvalue weighted by molar-refractivity contribution is 7.91. The van der Waals surface area contributed by atoms with Crippen molar-refractivity contribution in [1.29, 1.82) is 0 Å². The number of nitrogens with zero attached hydrogens (tertiary/aromatic N) is 4. The Kier molecular flexibility index (Phi) is 10.5. The maximum Gasteiger partial charge on any atom is 0.311 e. The fourth-order valence-electron chi connectivity index (χ4n) is 3.83. The summed E-state index contributed by atoms with van der Waals surface area (Å²) in [5.41, 5.74) is 1.63. The van der Waals surface area contributed by atoms with Crippen LogP contribution in [0.2, 0.25) is 0 Å². The fourth-order valence-corrected chi connectivity index (χ4v) is 5.47. The topological polar surface area (TPSA) is 175 Å². The highest BCUT2D eigenvalue weighted by atomic mass is 32.2. The summed E-state index contributed by atoms with van der Waals surface area (Å²) in [6.07, 6.45) is 1.41. The summed E-state index contributed by atoms with van der Waals surface area (Å²) in [5.74, 6) is -0.753. The largest absolute Gasteiger partial charge is 0.491 e. The van der Waals surface area contributed by atoms with Gasteiger partial charge in [0.25, 0.3) is 10.0 Å². The van der Waals surface area contributed by atoms with Crippen LogP contribution in [0.3, 0.4) is 0 Å². The number of aromatic nitrogens is 4. The molecule has 0 aliphatic carbocycles. The average Bonchev–Trinajstić information content (AvgIpc) is 3.61. The number of ether oxygens (including phenoxy) is 4. The molecule has 16 heteroatoms. The molecule has 0 radical (unpaired) electrons. The molecule has 1 atom stereocenters. The zero-order valence-electron chi connectivity index (χ0n) is 22.5. The number of carbonyl (C=O) groups excluding carboxylic acids is 2. The number of methoxy groups -OCH3 is 1. The average molecular weight is 622 g/mol. The first-order chi connectivity index (χ1) is 20.1. The molecule has 0 spiro atoms. The Morgan fingerprint density at radius 1 is 1.12 bits per heavy atom. The van der Waals surface area contributed by atoms with Crippen LogP contribution in [0.25, 0.3) is 10.2 Å². The van der Waals surface area contributed by atoms with E-state index in [-0.39, 0.29) is 49.5 Å². The number of halogens is 1. The minimum absolute atomic E-state index is 0.0323. The molecule has 0 fully saturated rings. The standard InChI is InChI=1S/C26H28FN5O8S2/c1-37-25(34)18(15-38-14-17-3-2-4-21(9-17)39-8-7-27)10-20(33)13-32-12-19(30-31-32)16-40-22-5-6-24-23(11-22)29-26(41-24)42(28,35)36/h2-6,9,11-12,18H,7-8,10,13-16H2,1H3,(H2,28,35,36)/t18-/m0/s1. The smallest absolute Gasteiger partial charge is 0.311 e. The zero-order valence-corrected chi connectivity index (χ0v) is 24.1. The van der Waals surface area contributed by atoms with Crippen molar-refractivity contribution in [2.24, 2.45) is 11.1 Å². The van der Waals surface area contributed by atoms with Gasteiger partial charge in [-0.1, -0.05) is 17.3 Å². The summed E-state index contributed by atoms with van der Waals surface area (Å²) in [6, 6.07) is 11.9. The summed E-state index contributed by atoms with van der Waals surface area (Å²) in [4.78, 5) is 29.0. The van der Waals surface area contributed by atoms with E-state index in [4.69, 9.17) is 24.1 Å². The lowest BCUT2D eigenvalue weighted by Crippen LogP contribution is -2.26. The van der Waals surface area contributed by atoms with Gasteiger partial charge in [0.1, 0.15) is 43.6 Å². The number of fused-ring (bicyclic) bond motifs is 1. The molecule has 4 rings (SSSR count). The van der Waals surface area contributed by atoms with Crippen LogP contribution in [0, 0.1) is 5.92 Å². The molecule has 0 saturated carbocycles. The van der Waals surface area contributed by atoms with Crippen LogP contribution >= 0.6 is 11.3 Å². The number of rotatable bonds is 16. The van der Waals surface area contributed by atoms with Crippen molar-refractivity contribution in [2.75, 3.05) is 27.0 Å². The van der Waals surface area contributed by atoms with E-state index in [1.54, 1.807) is 48.7 Å². The molecule has 2 aromatic carbocycles. The number of sulfonamides is 1. The Hall–Kier alpha value is -3.99. The second kappa shape index (κ2) is 14.3. The van der Waals surface area contributed by atoms with Gasteiger partial charge in [-0.25, -0.2) is 27.6 Å². The van der Waals surface area contributed by atoms with Crippen LogP contribution in [0.15, 0.2) is 53.0 Å². The number of nitrogens with two attached hydrogens (primary N) is 1. The maximum absolute atomic E-state index is 12.7. The zero-order chi connectivity index (χ0) is 30.1. The van der Waals surface area contributed by atoms with Gasteiger partial charge in [0, 0.05) is 12.5 Å². The lowest BCUT2D eigenvalue weighted by molar-refractivity contribution is -0.149. The number of primary sulfonamides is 1. The van der Waals surface area contributed by atoms with E-state index in [1.165, 1.54) is 11.8 Å². The van der Waals surface area contributed by atoms with Crippen LogP contribution in [0.4, 0.5) is 4.39 Å². The Labute approximate surface area is 244 Å². The highest BCUT2D eigenvalue weighted by Gasteiger charge is 2.24. The van der Waals surface area contributed by atoms with Crippen molar-refractivity contribution in [3.63, 3.8) is 0 Å². The Balaban J connectivity index is 1.27. The number of benzene rings is 2. The third-order valence-electron chi connectivity index (χ3n) is 5.73. The van der Waals surface area contributed by atoms with Crippen LogP contribution < -0.4 is 14.6 Å². The second-order valence-corrected chi connectivity index (χ2v) is 11.8. The molecule has 4 aromatic rings. The van der Waals surface area contributed by atoms with Crippen LogP contribution in [-0.2, 0) is 48.8 Å². The van der Waals surface area contributed by atoms with Crippen LogP contribution in [-0.4, -0.2) is 67.1 Å². The van der Waals surface area contributed by atoms with E-state index in [0.29, 0.717) is 27.4 Å². The van der Waals surface area contributed by atoms with E-state index in [0.717, 1.165) is 16.9 Å². The van der Waals surface area contributed by atoms with Gasteiger partial charge in [0.2, 0.25) is 4.34 Å². The molecule has 0 saturated heterocycles. The van der Waals surface area contributed by atoms with E-state index >= 15 is 0 Å². The van der Waals surface area contributed by atoms with E-state index in [2.05, 4.69) is 15.3 Å². The summed E-state index contributed by atoms with van der Waals surface area (Å²) in [6.45, 7) is -0.638. The lowest BCUT2D eigenvalue weighted by atomic mass is 10.0.